The Balaban J connectivity index is 1.42. The number of carbonyl (C=O) groups is 1. The Kier molecular flexibility index (Phi) is 4.47. The predicted octanol–water partition coefficient (Wildman–Crippen LogP) is 4.16. The highest BCUT2D eigenvalue weighted by molar-refractivity contribution is 6.04. The number of amides is 1. The van der Waals surface area contributed by atoms with Gasteiger partial charge in [-0.2, -0.15) is 0 Å². The van der Waals surface area contributed by atoms with Gasteiger partial charge < -0.3 is 19.8 Å². The first-order valence-electron chi connectivity index (χ1n) is 9.52. The van der Waals surface area contributed by atoms with Crippen molar-refractivity contribution in [3.05, 3.63) is 76.3 Å². The van der Waals surface area contributed by atoms with Crippen molar-refractivity contribution in [1.29, 1.82) is 0 Å². The van der Waals surface area contributed by atoms with E-state index < -0.39 is 10.8 Å². The molecule has 4 aromatic rings. The molecule has 0 bridgehead atoms. The molecule has 154 valence electrons. The van der Waals surface area contributed by atoms with Crippen molar-refractivity contribution in [3.8, 4) is 22.9 Å². The summed E-state index contributed by atoms with van der Waals surface area (Å²) < 4.78 is 11.2. The van der Waals surface area contributed by atoms with Crippen LogP contribution in [0.3, 0.4) is 0 Å². The molecule has 9 nitrogen and oxygen atoms in total. The zero-order valence-corrected chi connectivity index (χ0v) is 16.1. The number of carbonyl (C=O) groups excluding carboxylic acids is 1. The number of non-ortho nitro benzene ring substituents is 1. The van der Waals surface area contributed by atoms with Gasteiger partial charge in [0.1, 0.15) is 19.0 Å². The van der Waals surface area contributed by atoms with Crippen LogP contribution in [0.1, 0.15) is 10.4 Å². The largest absolute Gasteiger partial charge is 0.486 e. The first kappa shape index (κ1) is 18.6. The smallest absolute Gasteiger partial charge is 0.270 e. The van der Waals surface area contributed by atoms with Gasteiger partial charge in [0.2, 0.25) is 0 Å². The van der Waals surface area contributed by atoms with Crippen LogP contribution in [0.2, 0.25) is 0 Å². The summed E-state index contributed by atoms with van der Waals surface area (Å²) in [6.45, 7) is 1.01. The standard InChI is InChI=1S/C22H16N4O5/c27-22(14-4-2-6-16(10-14)26(28)29)23-15-5-1-3-13(9-15)21-24-17-11-19-20(12-18(17)25-21)31-8-7-30-19/h1-6,9-12H,7-8H2,(H,23,27)(H,24,25). The molecule has 5 rings (SSSR count). The molecular weight excluding hydrogens is 400 g/mol. The number of nitro benzene ring substituents is 1. The lowest BCUT2D eigenvalue weighted by atomic mass is 10.1. The average molecular weight is 416 g/mol. The minimum Gasteiger partial charge on any atom is -0.486 e. The van der Waals surface area contributed by atoms with Crippen molar-refractivity contribution in [2.24, 2.45) is 0 Å². The summed E-state index contributed by atoms with van der Waals surface area (Å²) in [5.74, 6) is 1.53. The fourth-order valence-electron chi connectivity index (χ4n) is 3.39. The van der Waals surface area contributed by atoms with Crippen LogP contribution in [-0.4, -0.2) is 34.0 Å². The molecule has 0 saturated carbocycles. The number of aromatic amines is 1. The van der Waals surface area contributed by atoms with E-state index in [1.165, 1.54) is 24.3 Å². The second-order valence-electron chi connectivity index (χ2n) is 6.94. The highest BCUT2D eigenvalue weighted by Crippen LogP contribution is 2.35. The Hall–Kier alpha value is -4.40. The number of H-pyrrole nitrogens is 1. The Morgan fingerprint density at radius 2 is 1.81 bits per heavy atom. The van der Waals surface area contributed by atoms with Crippen molar-refractivity contribution in [2.45, 2.75) is 0 Å². The number of nitrogens with zero attached hydrogens (tertiary/aromatic N) is 2. The van der Waals surface area contributed by atoms with Gasteiger partial charge in [-0.05, 0) is 18.2 Å². The summed E-state index contributed by atoms with van der Waals surface area (Å²) in [5.41, 5.74) is 2.93. The van der Waals surface area contributed by atoms with E-state index in [-0.39, 0.29) is 11.3 Å². The lowest BCUT2D eigenvalue weighted by Gasteiger charge is -2.17. The first-order valence-corrected chi connectivity index (χ1v) is 9.52. The second kappa shape index (κ2) is 7.45. The first-order chi connectivity index (χ1) is 15.1. The minimum atomic E-state index is -0.535. The van der Waals surface area contributed by atoms with E-state index in [4.69, 9.17) is 9.47 Å². The topological polar surface area (TPSA) is 119 Å². The van der Waals surface area contributed by atoms with Crippen LogP contribution < -0.4 is 14.8 Å². The van der Waals surface area contributed by atoms with E-state index in [2.05, 4.69) is 15.3 Å². The number of ether oxygens (including phenoxy) is 2. The van der Waals surface area contributed by atoms with Gasteiger partial charge in [-0.3, -0.25) is 14.9 Å². The van der Waals surface area contributed by atoms with Crippen molar-refractivity contribution in [2.75, 3.05) is 18.5 Å². The highest BCUT2D eigenvalue weighted by atomic mass is 16.6. The van der Waals surface area contributed by atoms with Gasteiger partial charge in [-0.15, -0.1) is 0 Å². The molecule has 1 aromatic heterocycles. The van der Waals surface area contributed by atoms with Crippen molar-refractivity contribution in [1.82, 2.24) is 9.97 Å². The lowest BCUT2D eigenvalue weighted by Crippen LogP contribution is -2.15. The van der Waals surface area contributed by atoms with Gasteiger partial charge in [-0.1, -0.05) is 18.2 Å². The molecule has 1 aliphatic rings. The minimum absolute atomic E-state index is 0.140. The second-order valence-corrected chi connectivity index (χ2v) is 6.94. The quantitative estimate of drug-likeness (QED) is 0.381. The maximum atomic E-state index is 12.5. The van der Waals surface area contributed by atoms with Gasteiger partial charge in [0.25, 0.3) is 11.6 Å². The van der Waals surface area contributed by atoms with Crippen LogP contribution in [0.25, 0.3) is 22.4 Å². The highest BCUT2D eigenvalue weighted by Gasteiger charge is 2.16. The zero-order chi connectivity index (χ0) is 21.4. The molecule has 31 heavy (non-hydrogen) atoms. The maximum absolute atomic E-state index is 12.5. The summed E-state index contributed by atoms with van der Waals surface area (Å²) in [6.07, 6.45) is 0. The number of imidazole rings is 1. The van der Waals surface area contributed by atoms with Crippen LogP contribution in [0, 0.1) is 10.1 Å². The van der Waals surface area contributed by atoms with Gasteiger partial charge in [0, 0.05) is 41.1 Å². The van der Waals surface area contributed by atoms with Gasteiger partial charge in [0.15, 0.2) is 11.5 Å². The van der Waals surface area contributed by atoms with Crippen molar-refractivity contribution < 1.29 is 19.2 Å². The average Bonchev–Trinajstić information content (AvgIpc) is 3.20. The normalized spacial score (nSPS) is 12.5. The van der Waals surface area contributed by atoms with E-state index in [0.717, 1.165) is 16.6 Å². The van der Waals surface area contributed by atoms with Crippen LogP contribution in [-0.2, 0) is 0 Å². The van der Waals surface area contributed by atoms with Crippen molar-refractivity contribution >= 4 is 28.3 Å². The molecule has 0 saturated heterocycles. The Morgan fingerprint density at radius 3 is 2.61 bits per heavy atom. The molecule has 0 spiro atoms. The van der Waals surface area contributed by atoms with E-state index in [9.17, 15) is 14.9 Å². The number of hydrogen-bond acceptors (Lipinski definition) is 6. The van der Waals surface area contributed by atoms with Gasteiger partial charge >= 0.3 is 0 Å². The Labute approximate surface area is 175 Å². The molecule has 2 N–H and O–H groups in total. The van der Waals surface area contributed by atoms with Gasteiger partial charge in [-0.25, -0.2) is 4.98 Å². The van der Waals surface area contributed by atoms with E-state index >= 15 is 0 Å². The lowest BCUT2D eigenvalue weighted by molar-refractivity contribution is -0.384. The predicted molar refractivity (Wildman–Crippen MR) is 114 cm³/mol. The van der Waals surface area contributed by atoms with Crippen LogP contribution >= 0.6 is 0 Å². The third-order valence-electron chi connectivity index (χ3n) is 4.86. The van der Waals surface area contributed by atoms with Gasteiger partial charge in [0.05, 0.1) is 16.0 Å². The monoisotopic (exact) mass is 416 g/mol. The number of benzene rings is 3. The molecule has 0 atom stereocenters. The molecule has 9 heteroatoms. The Bertz CT molecular complexity index is 1290. The fraction of sp³-hybridized carbons (Fsp3) is 0.0909. The number of hydrogen-bond donors (Lipinski definition) is 2. The molecule has 2 heterocycles. The molecule has 0 unspecified atom stereocenters. The van der Waals surface area contributed by atoms with E-state index in [1.54, 1.807) is 18.2 Å². The van der Waals surface area contributed by atoms with Crippen LogP contribution in [0.4, 0.5) is 11.4 Å². The number of aromatic nitrogens is 2. The van der Waals surface area contributed by atoms with Crippen LogP contribution in [0.5, 0.6) is 11.5 Å². The molecule has 0 radical (unpaired) electrons. The summed E-state index contributed by atoms with van der Waals surface area (Å²) >= 11 is 0. The maximum Gasteiger partial charge on any atom is 0.270 e. The molecular formula is C22H16N4O5. The molecule has 3 aromatic carbocycles. The number of nitro groups is 1. The van der Waals surface area contributed by atoms with Crippen molar-refractivity contribution in [3.63, 3.8) is 0 Å². The third-order valence-corrected chi connectivity index (χ3v) is 4.86. The number of fused-ring (bicyclic) bond motifs is 2. The summed E-state index contributed by atoms with van der Waals surface area (Å²) in [6, 6.07) is 16.4. The summed E-state index contributed by atoms with van der Waals surface area (Å²) in [4.78, 5) is 30.8. The number of anilines is 1. The Morgan fingerprint density at radius 1 is 1.03 bits per heavy atom. The molecule has 1 aliphatic heterocycles. The number of rotatable bonds is 4. The van der Waals surface area contributed by atoms with Crippen LogP contribution in [0.15, 0.2) is 60.7 Å². The van der Waals surface area contributed by atoms with E-state index in [1.807, 2.05) is 18.2 Å². The SMILES string of the molecule is O=C(Nc1cccc(-c2nc3cc4c(cc3[nH]2)OCCO4)c1)c1cccc([N+](=O)[O-])c1. The third kappa shape index (κ3) is 3.64. The summed E-state index contributed by atoms with van der Waals surface area (Å²) in [5, 5.41) is 13.7. The van der Waals surface area contributed by atoms with E-state index in [0.29, 0.717) is 36.2 Å². The summed E-state index contributed by atoms with van der Waals surface area (Å²) in [7, 11) is 0. The molecule has 0 aliphatic carbocycles. The molecule has 0 fully saturated rings. The fourth-order valence-corrected chi connectivity index (χ4v) is 3.39. The molecule has 1 amide bonds. The zero-order valence-electron chi connectivity index (χ0n) is 16.1. The number of nitrogens with one attached hydrogen (secondary N) is 2.